The maximum atomic E-state index is 11.3. The minimum absolute atomic E-state index is 0.0539. The Kier molecular flexibility index (Phi) is 6.64. The Labute approximate surface area is 105 Å². The largest absolute Gasteiger partial charge is 0.453 e. The lowest BCUT2D eigenvalue weighted by atomic mass is 9.86. The van der Waals surface area contributed by atoms with Crippen LogP contribution in [0.5, 0.6) is 0 Å². The first-order valence-corrected chi connectivity index (χ1v) is 6.33. The highest BCUT2D eigenvalue weighted by atomic mass is 79.9. The zero-order chi connectivity index (χ0) is 12.8. The van der Waals surface area contributed by atoms with Gasteiger partial charge < -0.3 is 10.1 Å². The highest BCUT2D eigenvalue weighted by Gasteiger charge is 2.22. The van der Waals surface area contributed by atoms with Crippen LogP contribution in [0.25, 0.3) is 0 Å². The standard InChI is InChI=1S/C11H20BrNO3/c1-11(2,3)6-8(5-9(14)7-12)13-10(15)16-4/h8H,5-7H2,1-4H3,(H,13,15). The molecule has 1 unspecified atom stereocenters. The summed E-state index contributed by atoms with van der Waals surface area (Å²) in [5, 5.41) is 3.00. The summed E-state index contributed by atoms with van der Waals surface area (Å²) in [5.74, 6) is 0.0747. The maximum Gasteiger partial charge on any atom is 0.407 e. The number of nitrogens with one attached hydrogen (secondary N) is 1. The first-order chi connectivity index (χ1) is 7.28. The zero-order valence-corrected chi connectivity index (χ0v) is 11.9. The molecule has 0 aliphatic rings. The topological polar surface area (TPSA) is 55.4 Å². The Hall–Kier alpha value is -0.580. The molecule has 0 heterocycles. The van der Waals surface area contributed by atoms with Gasteiger partial charge in [-0.1, -0.05) is 36.7 Å². The van der Waals surface area contributed by atoms with Gasteiger partial charge in [0.15, 0.2) is 0 Å². The molecule has 0 aromatic carbocycles. The summed E-state index contributed by atoms with van der Waals surface area (Å²) < 4.78 is 4.54. The number of Topliss-reactive ketones (excluding diaryl/α,β-unsaturated/α-hetero) is 1. The molecule has 0 aromatic rings. The van der Waals surface area contributed by atoms with Crippen LogP contribution in [0.2, 0.25) is 0 Å². The van der Waals surface area contributed by atoms with Gasteiger partial charge in [-0.2, -0.15) is 0 Å². The highest BCUT2D eigenvalue weighted by molar-refractivity contribution is 9.09. The van der Waals surface area contributed by atoms with Gasteiger partial charge in [0.1, 0.15) is 5.78 Å². The van der Waals surface area contributed by atoms with Gasteiger partial charge in [-0.25, -0.2) is 4.79 Å². The fourth-order valence-electron chi connectivity index (χ4n) is 1.47. The minimum Gasteiger partial charge on any atom is -0.453 e. The van der Waals surface area contributed by atoms with Crippen LogP contribution < -0.4 is 5.32 Å². The van der Waals surface area contributed by atoms with E-state index >= 15 is 0 Å². The summed E-state index contributed by atoms with van der Waals surface area (Å²) in [4.78, 5) is 22.5. The minimum atomic E-state index is -0.489. The van der Waals surface area contributed by atoms with Gasteiger partial charge in [0.2, 0.25) is 0 Å². The summed E-state index contributed by atoms with van der Waals surface area (Å²) in [6.07, 6.45) is 0.579. The second kappa shape index (κ2) is 6.89. The van der Waals surface area contributed by atoms with Gasteiger partial charge in [-0.15, -0.1) is 0 Å². The highest BCUT2D eigenvalue weighted by Crippen LogP contribution is 2.22. The van der Waals surface area contributed by atoms with Crippen LogP contribution in [0.1, 0.15) is 33.6 Å². The summed E-state index contributed by atoms with van der Waals surface area (Å²) in [6.45, 7) is 6.20. The summed E-state index contributed by atoms with van der Waals surface area (Å²) in [5.41, 5.74) is 0.0539. The van der Waals surface area contributed by atoms with E-state index in [0.29, 0.717) is 11.8 Å². The van der Waals surface area contributed by atoms with Crippen molar-refractivity contribution in [1.29, 1.82) is 0 Å². The van der Waals surface area contributed by atoms with Crippen molar-refractivity contribution < 1.29 is 14.3 Å². The predicted octanol–water partition coefficient (Wildman–Crippen LogP) is 2.50. The molecule has 0 aliphatic carbocycles. The van der Waals surface area contributed by atoms with Crippen molar-refractivity contribution in [3.8, 4) is 0 Å². The Morgan fingerprint density at radius 2 is 1.94 bits per heavy atom. The van der Waals surface area contributed by atoms with E-state index in [1.54, 1.807) is 0 Å². The fourth-order valence-corrected chi connectivity index (χ4v) is 1.70. The number of rotatable bonds is 5. The fraction of sp³-hybridized carbons (Fsp3) is 0.818. The van der Waals surface area contributed by atoms with Crippen LogP contribution in [0, 0.1) is 5.41 Å². The second-order valence-electron chi connectivity index (χ2n) is 4.97. The van der Waals surface area contributed by atoms with Crippen LogP contribution in [0.3, 0.4) is 0 Å². The molecule has 0 bridgehead atoms. The van der Waals surface area contributed by atoms with Gasteiger partial charge in [0, 0.05) is 12.5 Å². The average molecular weight is 294 g/mol. The first-order valence-electron chi connectivity index (χ1n) is 5.20. The third-order valence-corrected chi connectivity index (χ3v) is 2.61. The predicted molar refractivity (Wildman–Crippen MR) is 66.8 cm³/mol. The molecule has 16 heavy (non-hydrogen) atoms. The average Bonchev–Trinajstić information content (AvgIpc) is 2.14. The molecule has 0 radical (unpaired) electrons. The molecule has 0 saturated heterocycles. The van der Waals surface area contributed by atoms with Crippen LogP contribution >= 0.6 is 15.9 Å². The molecule has 0 fully saturated rings. The molecule has 1 amide bonds. The monoisotopic (exact) mass is 293 g/mol. The third kappa shape index (κ3) is 7.68. The number of hydrogen-bond acceptors (Lipinski definition) is 3. The zero-order valence-electron chi connectivity index (χ0n) is 10.3. The van der Waals surface area contributed by atoms with Crippen molar-refractivity contribution >= 4 is 27.8 Å². The van der Waals surface area contributed by atoms with Gasteiger partial charge >= 0.3 is 6.09 Å². The molecule has 1 atom stereocenters. The third-order valence-electron chi connectivity index (χ3n) is 1.99. The number of hydrogen-bond donors (Lipinski definition) is 1. The van der Waals surface area contributed by atoms with E-state index in [1.165, 1.54) is 7.11 Å². The number of methoxy groups -OCH3 is 1. The van der Waals surface area contributed by atoms with Crippen LogP contribution in [0.15, 0.2) is 0 Å². The molecule has 0 spiro atoms. The van der Waals surface area contributed by atoms with Gasteiger partial charge in [-0.05, 0) is 11.8 Å². The molecule has 4 nitrogen and oxygen atoms in total. The summed E-state index contributed by atoms with van der Waals surface area (Å²) in [6, 6.07) is -0.169. The Balaban J connectivity index is 4.38. The lowest BCUT2D eigenvalue weighted by Gasteiger charge is -2.25. The number of alkyl carbamates (subject to hydrolysis) is 1. The number of ketones is 1. The van der Waals surface area contributed by atoms with Gasteiger partial charge in [0.05, 0.1) is 12.4 Å². The molecule has 94 valence electrons. The number of carbonyl (C=O) groups excluding carboxylic acids is 2. The van der Waals surface area contributed by atoms with E-state index in [1.807, 2.05) is 0 Å². The van der Waals surface area contributed by atoms with Crippen molar-refractivity contribution in [2.75, 3.05) is 12.4 Å². The second-order valence-corrected chi connectivity index (χ2v) is 5.53. The van der Waals surface area contributed by atoms with Gasteiger partial charge in [-0.3, -0.25) is 4.79 Å². The first kappa shape index (κ1) is 15.4. The lowest BCUT2D eigenvalue weighted by Crippen LogP contribution is -2.39. The smallest absolute Gasteiger partial charge is 0.407 e. The maximum absolute atomic E-state index is 11.3. The molecular formula is C11H20BrNO3. The van der Waals surface area contributed by atoms with Crippen LogP contribution in [-0.2, 0) is 9.53 Å². The van der Waals surface area contributed by atoms with Crippen molar-refractivity contribution in [3.63, 3.8) is 0 Å². The van der Waals surface area contributed by atoms with Crippen LogP contribution in [-0.4, -0.2) is 30.4 Å². The number of halogens is 1. The molecule has 1 N–H and O–H groups in total. The van der Waals surface area contributed by atoms with E-state index in [0.717, 1.165) is 6.42 Å². The Morgan fingerprint density at radius 3 is 2.31 bits per heavy atom. The Morgan fingerprint density at radius 1 is 1.38 bits per heavy atom. The molecule has 0 saturated carbocycles. The van der Waals surface area contributed by atoms with Crippen molar-refractivity contribution in [2.45, 2.75) is 39.7 Å². The summed E-state index contributed by atoms with van der Waals surface area (Å²) >= 11 is 3.11. The quantitative estimate of drug-likeness (QED) is 0.793. The molecule has 5 heteroatoms. The van der Waals surface area contributed by atoms with Crippen molar-refractivity contribution in [2.24, 2.45) is 5.41 Å². The lowest BCUT2D eigenvalue weighted by molar-refractivity contribution is -0.117. The number of carbonyl (C=O) groups is 2. The van der Waals surface area contributed by atoms with Crippen molar-refractivity contribution in [1.82, 2.24) is 5.32 Å². The molecule has 0 rings (SSSR count). The van der Waals surface area contributed by atoms with Gasteiger partial charge in [0.25, 0.3) is 0 Å². The number of alkyl halides is 1. The Bertz CT molecular complexity index is 230. The van der Waals surface area contributed by atoms with E-state index < -0.39 is 6.09 Å². The van der Waals surface area contributed by atoms with Crippen LogP contribution in [0.4, 0.5) is 4.79 Å². The SMILES string of the molecule is COC(=O)NC(CC(=O)CBr)CC(C)(C)C. The normalized spacial score (nSPS) is 13.1. The summed E-state index contributed by atoms with van der Waals surface area (Å²) in [7, 11) is 1.32. The van der Waals surface area contributed by atoms with Crippen molar-refractivity contribution in [3.05, 3.63) is 0 Å². The number of amides is 1. The van der Waals surface area contributed by atoms with E-state index in [2.05, 4.69) is 46.8 Å². The number of ether oxygens (including phenoxy) is 1. The van der Waals surface area contributed by atoms with E-state index in [-0.39, 0.29) is 17.2 Å². The molecule has 0 aliphatic heterocycles. The van der Waals surface area contributed by atoms with E-state index in [9.17, 15) is 9.59 Å². The molecular weight excluding hydrogens is 274 g/mol. The van der Waals surface area contributed by atoms with E-state index in [4.69, 9.17) is 0 Å². The molecule has 0 aromatic heterocycles.